The van der Waals surface area contributed by atoms with Crippen molar-refractivity contribution in [2.75, 3.05) is 25.7 Å². The quantitative estimate of drug-likeness (QED) is 0.371. The van der Waals surface area contributed by atoms with Gasteiger partial charge in [0.25, 0.3) is 0 Å². The van der Waals surface area contributed by atoms with Gasteiger partial charge in [0.1, 0.15) is 28.2 Å². The van der Waals surface area contributed by atoms with Crippen molar-refractivity contribution >= 4 is 29.4 Å². The molecule has 166 valence electrons. The van der Waals surface area contributed by atoms with Gasteiger partial charge < -0.3 is 15.2 Å². The fraction of sp³-hybridized carbons (Fsp3) is 0.609. The van der Waals surface area contributed by atoms with Crippen molar-refractivity contribution in [3.05, 3.63) is 23.8 Å². The smallest absolute Gasteiger partial charge is 0.175 e. The van der Waals surface area contributed by atoms with Gasteiger partial charge in [0.05, 0.1) is 26.4 Å². The van der Waals surface area contributed by atoms with Crippen molar-refractivity contribution in [1.29, 1.82) is 10.5 Å². The first-order valence-electron chi connectivity index (χ1n) is 10.7. The van der Waals surface area contributed by atoms with Crippen molar-refractivity contribution in [1.82, 2.24) is 0 Å². The maximum Gasteiger partial charge on any atom is 0.175 e. The van der Waals surface area contributed by atoms with Gasteiger partial charge in [0.15, 0.2) is 4.20 Å². The Balaban J connectivity index is 2.15. The number of unbranched alkanes of at least 4 members (excludes halogenated alkanes) is 2. The Morgan fingerprint density at radius 3 is 2.19 bits per heavy atom. The predicted octanol–water partition coefficient (Wildman–Crippen LogP) is 4.91. The summed E-state index contributed by atoms with van der Waals surface area (Å²) in [7, 11) is 3.18. The first-order valence-corrected chi connectivity index (χ1v) is 12.6. The summed E-state index contributed by atoms with van der Waals surface area (Å²) in [6.45, 7) is 4.29. The van der Waals surface area contributed by atoms with Crippen LogP contribution in [0.25, 0.3) is 0 Å². The first-order chi connectivity index (χ1) is 15.0. The molecule has 3 unspecified atom stereocenters. The molecule has 1 aromatic carbocycles. The number of nitriles is 2. The lowest BCUT2D eigenvalue weighted by Crippen LogP contribution is -2.32. The van der Waals surface area contributed by atoms with E-state index in [0.717, 1.165) is 42.8 Å². The number of thioether (sulfide) groups is 2. The minimum atomic E-state index is -1.15. The number of nitrogens with zero attached hydrogens (tertiary/aromatic N) is 3. The maximum absolute atomic E-state index is 10.6. The molecule has 1 saturated carbocycles. The van der Waals surface area contributed by atoms with Gasteiger partial charge >= 0.3 is 0 Å². The second-order valence-electron chi connectivity index (χ2n) is 7.86. The normalized spacial score (nSPS) is 27.5. The summed E-state index contributed by atoms with van der Waals surface area (Å²) in [6, 6.07) is 10.5. The van der Waals surface area contributed by atoms with Gasteiger partial charge in [-0.05, 0) is 30.4 Å². The molecule has 3 rings (SSSR count). The molecule has 1 heterocycles. The highest BCUT2D eigenvalue weighted by atomic mass is 32.2. The van der Waals surface area contributed by atoms with Gasteiger partial charge in [0, 0.05) is 17.5 Å². The number of benzene rings is 1. The Hall–Kier alpha value is -2.03. The Labute approximate surface area is 193 Å². The van der Waals surface area contributed by atoms with Crippen LogP contribution in [0.2, 0.25) is 0 Å². The topological polar surface area (TPSA) is 104 Å². The second kappa shape index (κ2) is 9.22. The Morgan fingerprint density at radius 2 is 1.71 bits per heavy atom. The van der Waals surface area contributed by atoms with Crippen LogP contribution in [-0.2, 0) is 0 Å². The molecule has 1 aliphatic carbocycles. The SMILES string of the molecule is CCCCSC1(SCCCC)N=C(N)C2(C#N)C(c3ccc(OC)cc3OC)C12C#N. The molecule has 2 N–H and O–H groups in total. The van der Waals surface area contributed by atoms with Crippen LogP contribution in [0.5, 0.6) is 11.5 Å². The standard InChI is InChI=1S/C23H30N4O2S2/c1-5-7-11-30-23(31-12-8-6-2)22(15-25)19(21(22,14-24)20(26)27-23)17-10-9-16(28-3)13-18(17)29-4/h9-10,13,19H,5-8,11-12H2,1-4H3,(H2,26,27). The zero-order valence-corrected chi connectivity index (χ0v) is 20.2. The number of hydrogen-bond acceptors (Lipinski definition) is 8. The second-order valence-corrected chi connectivity index (χ2v) is 10.7. The lowest BCUT2D eigenvalue weighted by atomic mass is 9.97. The first kappa shape index (κ1) is 23.6. The van der Waals surface area contributed by atoms with Crippen LogP contribution in [0.3, 0.4) is 0 Å². The molecule has 1 fully saturated rings. The highest BCUT2D eigenvalue weighted by molar-refractivity contribution is 8.18. The molecule has 1 aliphatic heterocycles. The van der Waals surface area contributed by atoms with Gasteiger partial charge in [-0.3, -0.25) is 0 Å². The summed E-state index contributed by atoms with van der Waals surface area (Å²) >= 11 is 3.35. The lowest BCUT2D eigenvalue weighted by Gasteiger charge is -2.32. The molecule has 0 aromatic heterocycles. The van der Waals surface area contributed by atoms with Crippen LogP contribution in [0.15, 0.2) is 23.2 Å². The van der Waals surface area contributed by atoms with E-state index in [9.17, 15) is 10.5 Å². The van der Waals surface area contributed by atoms with Crippen molar-refractivity contribution in [3.63, 3.8) is 0 Å². The number of ether oxygens (including phenoxy) is 2. The molecule has 3 atom stereocenters. The minimum Gasteiger partial charge on any atom is -0.497 e. The molecular weight excluding hydrogens is 428 g/mol. The molecule has 6 nitrogen and oxygen atoms in total. The summed E-state index contributed by atoms with van der Waals surface area (Å²) in [5.74, 6) is 2.85. The van der Waals surface area contributed by atoms with Gasteiger partial charge in [-0.15, -0.1) is 23.5 Å². The van der Waals surface area contributed by atoms with Crippen LogP contribution in [0.1, 0.15) is 51.0 Å². The van der Waals surface area contributed by atoms with E-state index in [1.165, 1.54) is 0 Å². The third-order valence-corrected chi connectivity index (χ3v) is 9.57. The van der Waals surface area contributed by atoms with Crippen molar-refractivity contribution in [3.8, 4) is 23.6 Å². The van der Waals surface area contributed by atoms with E-state index in [1.54, 1.807) is 43.8 Å². The molecule has 0 amide bonds. The average molecular weight is 459 g/mol. The number of rotatable bonds is 11. The third kappa shape index (κ3) is 3.27. The Bertz CT molecular complexity index is 928. The number of amidine groups is 1. The van der Waals surface area contributed by atoms with Crippen LogP contribution in [-0.4, -0.2) is 35.8 Å². The number of nitrogens with two attached hydrogens (primary N) is 1. The fourth-order valence-corrected chi connectivity index (χ4v) is 8.27. The van der Waals surface area contributed by atoms with Crippen LogP contribution >= 0.6 is 23.5 Å². The van der Waals surface area contributed by atoms with E-state index in [1.807, 2.05) is 12.1 Å². The van der Waals surface area contributed by atoms with Crippen molar-refractivity contribution in [2.24, 2.45) is 21.6 Å². The predicted molar refractivity (Wildman–Crippen MR) is 127 cm³/mol. The summed E-state index contributed by atoms with van der Waals surface area (Å²) in [5.41, 5.74) is 5.08. The van der Waals surface area contributed by atoms with E-state index < -0.39 is 21.0 Å². The van der Waals surface area contributed by atoms with Gasteiger partial charge in [-0.25, -0.2) is 4.99 Å². The summed E-state index contributed by atoms with van der Waals surface area (Å²) in [4.78, 5) is 4.86. The number of hydrogen-bond donors (Lipinski definition) is 1. The van der Waals surface area contributed by atoms with E-state index in [4.69, 9.17) is 20.2 Å². The maximum atomic E-state index is 10.6. The molecule has 0 radical (unpaired) electrons. The molecule has 2 aliphatic rings. The van der Waals surface area contributed by atoms with Crippen LogP contribution < -0.4 is 15.2 Å². The molecule has 31 heavy (non-hydrogen) atoms. The highest BCUT2D eigenvalue weighted by Crippen LogP contribution is 2.86. The van der Waals surface area contributed by atoms with E-state index in [-0.39, 0.29) is 5.84 Å². The van der Waals surface area contributed by atoms with Gasteiger partial charge in [0.2, 0.25) is 0 Å². The zero-order valence-electron chi connectivity index (χ0n) is 18.6. The summed E-state index contributed by atoms with van der Waals surface area (Å²) < 4.78 is 10.2. The summed E-state index contributed by atoms with van der Waals surface area (Å²) in [6.07, 6.45) is 4.16. The minimum absolute atomic E-state index is 0.271. The largest absolute Gasteiger partial charge is 0.497 e. The van der Waals surface area contributed by atoms with Crippen molar-refractivity contribution in [2.45, 2.75) is 49.7 Å². The lowest BCUT2D eigenvalue weighted by molar-refractivity contribution is 0.389. The van der Waals surface area contributed by atoms with Gasteiger partial charge in [-0.2, -0.15) is 10.5 Å². The number of aliphatic imine (C=N–C) groups is 1. The fourth-order valence-electron chi connectivity index (χ4n) is 4.59. The van der Waals surface area contributed by atoms with E-state index >= 15 is 0 Å². The Morgan fingerprint density at radius 1 is 1.06 bits per heavy atom. The molecule has 1 aromatic rings. The molecule has 0 bridgehead atoms. The third-order valence-electron chi connectivity index (χ3n) is 6.27. The molecule has 8 heteroatoms. The molecular formula is C23H30N4O2S2. The van der Waals surface area contributed by atoms with Crippen LogP contribution in [0.4, 0.5) is 0 Å². The number of fused-ring (bicyclic) bond motifs is 1. The Kier molecular flexibility index (Phi) is 7.03. The zero-order chi connectivity index (χ0) is 22.7. The average Bonchev–Trinajstić information content (AvgIpc) is 3.36. The highest BCUT2D eigenvalue weighted by Gasteiger charge is 2.92. The molecule has 0 saturated heterocycles. The van der Waals surface area contributed by atoms with Gasteiger partial charge in [-0.1, -0.05) is 32.8 Å². The van der Waals surface area contributed by atoms with E-state index in [0.29, 0.717) is 11.5 Å². The number of methoxy groups -OCH3 is 2. The monoisotopic (exact) mass is 458 g/mol. The van der Waals surface area contributed by atoms with Crippen LogP contribution in [0, 0.1) is 33.5 Å². The summed E-state index contributed by atoms with van der Waals surface area (Å²) in [5, 5.41) is 21.0. The van der Waals surface area contributed by atoms with Crippen molar-refractivity contribution < 1.29 is 9.47 Å². The van der Waals surface area contributed by atoms with E-state index in [2.05, 4.69) is 26.0 Å². The molecule has 0 spiro atoms.